The Kier molecular flexibility index (Phi) is 4.14. The molecule has 2 aliphatic rings. The molecule has 0 aliphatic carbocycles. The number of anilines is 1. The molecule has 1 atom stereocenters. The van der Waals surface area contributed by atoms with Gasteiger partial charge in [-0.05, 0) is 55.2 Å². The van der Waals surface area contributed by atoms with Gasteiger partial charge in [-0.3, -0.25) is 19.7 Å². The molecule has 0 spiro atoms. The number of benzene rings is 1. The Hall–Kier alpha value is -3.29. The second-order valence-electron chi connectivity index (χ2n) is 7.22. The third-order valence-corrected chi connectivity index (χ3v) is 5.46. The quantitative estimate of drug-likeness (QED) is 0.771. The number of carbonyl (C=O) groups is 3. The summed E-state index contributed by atoms with van der Waals surface area (Å²) >= 11 is 0. The number of hydrogen-bond acceptors (Lipinski definition) is 5. The molecule has 3 heterocycles. The number of aromatic nitrogens is 1. The van der Waals surface area contributed by atoms with Gasteiger partial charge in [0.05, 0.1) is 5.69 Å². The van der Waals surface area contributed by atoms with Crippen molar-refractivity contribution in [1.29, 1.82) is 0 Å². The number of aryl methyl sites for hydroxylation is 1. The lowest BCUT2D eigenvalue weighted by Gasteiger charge is -2.29. The van der Waals surface area contributed by atoms with Crippen LogP contribution in [0.2, 0.25) is 0 Å². The molecule has 8 heteroatoms. The summed E-state index contributed by atoms with van der Waals surface area (Å²) in [6.07, 6.45) is 0.428. The first-order valence-electron chi connectivity index (χ1n) is 8.97. The second kappa shape index (κ2) is 6.40. The van der Waals surface area contributed by atoms with E-state index in [4.69, 9.17) is 5.73 Å². The van der Waals surface area contributed by atoms with Gasteiger partial charge >= 0.3 is 0 Å². The predicted octanol–water partition coefficient (Wildman–Crippen LogP) is 1.85. The average molecular weight is 382 g/mol. The smallest absolute Gasteiger partial charge is 0.255 e. The minimum atomic E-state index is -0.737. The van der Waals surface area contributed by atoms with Gasteiger partial charge < -0.3 is 10.6 Å². The van der Waals surface area contributed by atoms with Crippen molar-refractivity contribution in [3.63, 3.8) is 0 Å². The maximum atomic E-state index is 14.8. The van der Waals surface area contributed by atoms with E-state index in [1.165, 1.54) is 11.0 Å². The van der Waals surface area contributed by atoms with E-state index in [0.717, 1.165) is 11.1 Å². The van der Waals surface area contributed by atoms with Crippen molar-refractivity contribution in [3.05, 3.63) is 46.3 Å². The topological polar surface area (TPSA) is 105 Å². The number of amides is 3. The summed E-state index contributed by atoms with van der Waals surface area (Å²) < 4.78 is 14.8. The molecular formula is C20H19FN4O3. The molecule has 1 unspecified atom stereocenters. The minimum absolute atomic E-state index is 0.169. The molecule has 0 saturated carbocycles. The summed E-state index contributed by atoms with van der Waals surface area (Å²) in [6, 6.07) is 3.79. The summed E-state index contributed by atoms with van der Waals surface area (Å²) in [6.45, 7) is 3.89. The van der Waals surface area contributed by atoms with Crippen LogP contribution in [0.15, 0.2) is 18.2 Å². The van der Waals surface area contributed by atoms with Crippen LogP contribution in [0.25, 0.3) is 11.3 Å². The molecule has 3 amide bonds. The number of nitrogens with two attached hydrogens (primary N) is 1. The van der Waals surface area contributed by atoms with E-state index < -0.39 is 23.7 Å². The van der Waals surface area contributed by atoms with E-state index in [1.807, 2.05) is 13.8 Å². The molecular weight excluding hydrogens is 363 g/mol. The number of rotatable bonds is 2. The average Bonchev–Trinajstić information content (AvgIpc) is 2.94. The van der Waals surface area contributed by atoms with Crippen molar-refractivity contribution in [1.82, 2.24) is 15.2 Å². The first-order chi connectivity index (χ1) is 13.3. The molecule has 144 valence electrons. The number of hydrogen-bond donors (Lipinski definition) is 2. The van der Waals surface area contributed by atoms with Crippen LogP contribution < -0.4 is 11.1 Å². The van der Waals surface area contributed by atoms with Gasteiger partial charge in [0, 0.05) is 24.1 Å². The number of piperidine rings is 1. The summed E-state index contributed by atoms with van der Waals surface area (Å²) in [7, 11) is 0. The monoisotopic (exact) mass is 382 g/mol. The molecule has 3 N–H and O–H groups in total. The van der Waals surface area contributed by atoms with E-state index in [-0.39, 0.29) is 36.4 Å². The zero-order valence-electron chi connectivity index (χ0n) is 15.5. The van der Waals surface area contributed by atoms with Gasteiger partial charge in [0.15, 0.2) is 0 Å². The van der Waals surface area contributed by atoms with Gasteiger partial charge in [-0.25, -0.2) is 9.37 Å². The first kappa shape index (κ1) is 18.1. The van der Waals surface area contributed by atoms with Crippen molar-refractivity contribution in [2.45, 2.75) is 39.3 Å². The van der Waals surface area contributed by atoms with Crippen molar-refractivity contribution >= 4 is 23.5 Å². The van der Waals surface area contributed by atoms with Gasteiger partial charge in [0.25, 0.3) is 5.91 Å². The van der Waals surface area contributed by atoms with Crippen molar-refractivity contribution in [2.75, 3.05) is 5.73 Å². The third-order valence-electron chi connectivity index (χ3n) is 5.46. The number of nitrogens with one attached hydrogen (secondary N) is 1. The normalized spacial score (nSPS) is 19.0. The molecule has 1 aromatic carbocycles. The van der Waals surface area contributed by atoms with E-state index in [2.05, 4.69) is 10.3 Å². The Balaban J connectivity index is 1.71. The molecule has 28 heavy (non-hydrogen) atoms. The number of carbonyl (C=O) groups excluding carboxylic acids is 3. The van der Waals surface area contributed by atoms with Crippen LogP contribution in [-0.4, -0.2) is 33.6 Å². The molecule has 0 bridgehead atoms. The van der Waals surface area contributed by atoms with Gasteiger partial charge in [-0.2, -0.15) is 0 Å². The fourth-order valence-electron chi connectivity index (χ4n) is 3.68. The zero-order valence-corrected chi connectivity index (χ0v) is 15.5. The molecule has 0 radical (unpaired) electrons. The first-order valence-corrected chi connectivity index (χ1v) is 8.97. The second-order valence-corrected chi connectivity index (χ2v) is 7.22. The van der Waals surface area contributed by atoms with Crippen molar-refractivity contribution in [3.8, 4) is 11.3 Å². The van der Waals surface area contributed by atoms with Crippen molar-refractivity contribution < 1.29 is 18.8 Å². The number of nitrogens with zero attached hydrogens (tertiary/aromatic N) is 2. The lowest BCUT2D eigenvalue weighted by Crippen LogP contribution is -2.52. The standard InChI is InChI=1S/C20H19FN4O3/c1-9-5-15(23-18(22)10(9)2)13-6-11-8-25(20(28)12(11)7-14(13)21)16-3-4-17(26)24-19(16)27/h5-7,16H,3-4,8H2,1-2H3,(H2,22,23)(H,24,26,27). The minimum Gasteiger partial charge on any atom is -0.383 e. The van der Waals surface area contributed by atoms with Gasteiger partial charge in [0.2, 0.25) is 11.8 Å². The molecule has 2 aromatic rings. The fourth-order valence-corrected chi connectivity index (χ4v) is 3.68. The highest BCUT2D eigenvalue weighted by Gasteiger charge is 2.39. The third kappa shape index (κ3) is 2.81. The highest BCUT2D eigenvalue weighted by molar-refractivity contribution is 6.05. The molecule has 2 aliphatic heterocycles. The molecule has 7 nitrogen and oxygen atoms in total. The van der Waals surface area contributed by atoms with E-state index >= 15 is 0 Å². The lowest BCUT2D eigenvalue weighted by atomic mass is 10.0. The van der Waals surface area contributed by atoms with Crippen LogP contribution in [-0.2, 0) is 16.1 Å². The summed E-state index contributed by atoms with van der Waals surface area (Å²) in [5, 5.41) is 2.25. The molecule has 4 rings (SSSR count). The Labute approximate surface area is 160 Å². The van der Waals surface area contributed by atoms with Crippen LogP contribution in [0.1, 0.15) is 39.9 Å². The largest absolute Gasteiger partial charge is 0.383 e. The van der Waals surface area contributed by atoms with Crippen LogP contribution in [0.5, 0.6) is 0 Å². The zero-order chi connectivity index (χ0) is 20.2. The number of imide groups is 1. The van der Waals surface area contributed by atoms with Gasteiger partial charge in [-0.1, -0.05) is 0 Å². The summed E-state index contributed by atoms with van der Waals surface area (Å²) in [5.74, 6) is -1.51. The highest BCUT2D eigenvalue weighted by atomic mass is 19.1. The Morgan fingerprint density at radius 3 is 2.61 bits per heavy atom. The van der Waals surface area contributed by atoms with E-state index in [0.29, 0.717) is 17.1 Å². The van der Waals surface area contributed by atoms with Crippen LogP contribution in [0.4, 0.5) is 10.2 Å². The van der Waals surface area contributed by atoms with Crippen LogP contribution >= 0.6 is 0 Å². The highest BCUT2D eigenvalue weighted by Crippen LogP contribution is 2.33. The van der Waals surface area contributed by atoms with Gasteiger partial charge in [0.1, 0.15) is 17.7 Å². The van der Waals surface area contributed by atoms with Crippen LogP contribution in [0, 0.1) is 19.7 Å². The van der Waals surface area contributed by atoms with E-state index in [1.54, 1.807) is 12.1 Å². The Morgan fingerprint density at radius 1 is 1.18 bits per heavy atom. The fraction of sp³-hybridized carbons (Fsp3) is 0.300. The Morgan fingerprint density at radius 2 is 1.93 bits per heavy atom. The summed E-state index contributed by atoms with van der Waals surface area (Å²) in [4.78, 5) is 41.9. The number of fused-ring (bicyclic) bond motifs is 1. The van der Waals surface area contributed by atoms with E-state index in [9.17, 15) is 18.8 Å². The van der Waals surface area contributed by atoms with Crippen LogP contribution in [0.3, 0.4) is 0 Å². The van der Waals surface area contributed by atoms with Gasteiger partial charge in [-0.15, -0.1) is 0 Å². The van der Waals surface area contributed by atoms with Crippen molar-refractivity contribution in [2.24, 2.45) is 0 Å². The SMILES string of the molecule is Cc1cc(-c2cc3c(cc2F)C(=O)N(C2CCC(=O)NC2=O)C3)nc(N)c1C. The molecule has 1 fully saturated rings. The predicted molar refractivity (Wildman–Crippen MR) is 99.6 cm³/mol. The number of halogens is 1. The summed E-state index contributed by atoms with van der Waals surface area (Å²) in [5.41, 5.74) is 9.14. The maximum Gasteiger partial charge on any atom is 0.255 e. The lowest BCUT2D eigenvalue weighted by molar-refractivity contribution is -0.136. The number of pyridine rings is 1. The molecule has 1 aromatic heterocycles. The number of nitrogen functional groups attached to an aromatic ring is 1. The Bertz CT molecular complexity index is 1030. The molecule has 1 saturated heterocycles. The maximum absolute atomic E-state index is 14.8.